The van der Waals surface area contributed by atoms with E-state index in [1.807, 2.05) is 18.5 Å². The number of hydrogen-bond donors (Lipinski definition) is 2. The number of hydrogen-bond acceptors (Lipinski definition) is 5. The summed E-state index contributed by atoms with van der Waals surface area (Å²) in [5.41, 5.74) is 3.51. The van der Waals surface area contributed by atoms with Crippen molar-refractivity contribution in [3.63, 3.8) is 0 Å². The molecule has 0 bridgehead atoms. The first-order chi connectivity index (χ1) is 12.1. The standard InChI is InChI=1S/C20H27N3OS/c1-16-6-4-7-17(14-16)15-23(3)11-12-24-20(18(22-2)9-10-21)19-8-5-13-25-19/h4-10,13-14,20-22H,11-12,15H2,1-3H3/b18-9-,21-10?. The van der Waals surface area contributed by atoms with Gasteiger partial charge in [-0.05, 0) is 37.1 Å². The second-order valence-corrected chi connectivity index (χ2v) is 7.01. The zero-order valence-electron chi connectivity index (χ0n) is 15.2. The van der Waals surface area contributed by atoms with Crippen molar-refractivity contribution in [3.8, 4) is 0 Å². The molecule has 0 aliphatic carbocycles. The highest BCUT2D eigenvalue weighted by Crippen LogP contribution is 2.27. The number of likely N-dealkylation sites (N-methyl/N-ethyl adjacent to an activating group) is 2. The minimum atomic E-state index is -0.154. The summed E-state index contributed by atoms with van der Waals surface area (Å²) in [5, 5.41) is 12.5. The van der Waals surface area contributed by atoms with Crippen LogP contribution in [0.3, 0.4) is 0 Å². The largest absolute Gasteiger partial charge is 0.389 e. The van der Waals surface area contributed by atoms with Gasteiger partial charge in [0.25, 0.3) is 0 Å². The molecule has 0 radical (unpaired) electrons. The van der Waals surface area contributed by atoms with E-state index in [0.29, 0.717) is 6.61 Å². The van der Waals surface area contributed by atoms with Gasteiger partial charge in [0.2, 0.25) is 0 Å². The molecule has 2 N–H and O–H groups in total. The molecule has 134 valence electrons. The topological polar surface area (TPSA) is 48.4 Å². The molecule has 1 aromatic carbocycles. The third-order valence-corrected chi connectivity index (χ3v) is 4.84. The number of benzene rings is 1. The number of allylic oxidation sites excluding steroid dienone is 1. The summed E-state index contributed by atoms with van der Waals surface area (Å²) in [7, 11) is 3.97. The van der Waals surface area contributed by atoms with Gasteiger partial charge in [-0.15, -0.1) is 11.3 Å². The van der Waals surface area contributed by atoms with Crippen molar-refractivity contribution in [3.05, 3.63) is 69.6 Å². The Morgan fingerprint density at radius 1 is 1.36 bits per heavy atom. The van der Waals surface area contributed by atoms with Crippen molar-refractivity contribution in [1.29, 1.82) is 5.41 Å². The van der Waals surface area contributed by atoms with E-state index < -0.39 is 0 Å². The summed E-state index contributed by atoms with van der Waals surface area (Å²) in [6.45, 7) is 4.50. The molecule has 0 aliphatic heterocycles. The fourth-order valence-electron chi connectivity index (χ4n) is 2.68. The van der Waals surface area contributed by atoms with E-state index in [1.165, 1.54) is 17.3 Å². The van der Waals surface area contributed by atoms with Gasteiger partial charge in [-0.1, -0.05) is 35.9 Å². The van der Waals surface area contributed by atoms with Crippen molar-refractivity contribution in [2.24, 2.45) is 0 Å². The monoisotopic (exact) mass is 357 g/mol. The summed E-state index contributed by atoms with van der Waals surface area (Å²) >= 11 is 1.67. The van der Waals surface area contributed by atoms with Gasteiger partial charge in [-0.3, -0.25) is 4.90 Å². The molecule has 4 nitrogen and oxygen atoms in total. The van der Waals surface area contributed by atoms with Gasteiger partial charge in [0.05, 0.1) is 6.61 Å². The molecule has 0 aliphatic rings. The zero-order valence-corrected chi connectivity index (χ0v) is 16.0. The van der Waals surface area contributed by atoms with E-state index in [0.717, 1.165) is 23.7 Å². The summed E-state index contributed by atoms with van der Waals surface area (Å²) in [4.78, 5) is 3.41. The second-order valence-electron chi connectivity index (χ2n) is 6.03. The third kappa shape index (κ3) is 6.12. The highest BCUT2D eigenvalue weighted by molar-refractivity contribution is 7.10. The highest BCUT2D eigenvalue weighted by atomic mass is 32.1. The van der Waals surface area contributed by atoms with Crippen molar-refractivity contribution in [2.45, 2.75) is 19.6 Å². The second kappa shape index (κ2) is 10.1. The lowest BCUT2D eigenvalue weighted by Crippen LogP contribution is -2.25. The van der Waals surface area contributed by atoms with E-state index >= 15 is 0 Å². The number of aryl methyl sites for hydroxylation is 1. The summed E-state index contributed by atoms with van der Waals surface area (Å²) in [6, 6.07) is 12.7. The van der Waals surface area contributed by atoms with E-state index in [-0.39, 0.29) is 6.10 Å². The minimum Gasteiger partial charge on any atom is -0.389 e. The van der Waals surface area contributed by atoms with Crippen LogP contribution in [0, 0.1) is 12.3 Å². The van der Waals surface area contributed by atoms with Gasteiger partial charge >= 0.3 is 0 Å². The van der Waals surface area contributed by atoms with Gasteiger partial charge in [0.15, 0.2) is 0 Å². The number of thiophene rings is 1. The SMILES string of the molecule is CN/C(=C\C=N)C(OCCN(C)Cc1cccc(C)c1)c1cccs1. The van der Waals surface area contributed by atoms with Crippen molar-refractivity contribution in [1.82, 2.24) is 10.2 Å². The van der Waals surface area contributed by atoms with Gasteiger partial charge in [-0.2, -0.15) is 0 Å². The Morgan fingerprint density at radius 3 is 2.84 bits per heavy atom. The first kappa shape index (κ1) is 19.4. The van der Waals surface area contributed by atoms with Crippen molar-refractivity contribution < 1.29 is 4.74 Å². The van der Waals surface area contributed by atoms with Crippen LogP contribution < -0.4 is 5.32 Å². The van der Waals surface area contributed by atoms with E-state index in [4.69, 9.17) is 10.1 Å². The van der Waals surface area contributed by atoms with Crippen LogP contribution in [0.5, 0.6) is 0 Å². The maximum absolute atomic E-state index is 7.34. The maximum atomic E-state index is 7.34. The molecule has 1 unspecified atom stereocenters. The Labute approximate surface area is 154 Å². The van der Waals surface area contributed by atoms with Crippen LogP contribution in [0.25, 0.3) is 0 Å². The quantitative estimate of drug-likeness (QED) is 0.632. The fraction of sp³-hybridized carbons (Fsp3) is 0.350. The van der Waals surface area contributed by atoms with Gasteiger partial charge in [-0.25, -0.2) is 0 Å². The molecule has 0 amide bonds. The Morgan fingerprint density at radius 2 is 2.20 bits per heavy atom. The Balaban J connectivity index is 1.92. The smallest absolute Gasteiger partial charge is 0.131 e. The number of ether oxygens (including phenoxy) is 1. The molecule has 1 atom stereocenters. The lowest BCUT2D eigenvalue weighted by atomic mass is 10.1. The molecule has 0 saturated heterocycles. The van der Waals surface area contributed by atoms with Crippen LogP contribution in [-0.2, 0) is 11.3 Å². The van der Waals surface area contributed by atoms with E-state index in [2.05, 4.69) is 54.5 Å². The number of rotatable bonds is 10. The van der Waals surface area contributed by atoms with E-state index in [1.54, 1.807) is 17.4 Å². The average Bonchev–Trinajstić information content (AvgIpc) is 3.11. The first-order valence-corrected chi connectivity index (χ1v) is 9.29. The number of nitrogens with zero attached hydrogens (tertiary/aromatic N) is 1. The third-order valence-electron chi connectivity index (χ3n) is 3.93. The summed E-state index contributed by atoms with van der Waals surface area (Å²) < 4.78 is 6.16. The predicted molar refractivity (Wildman–Crippen MR) is 106 cm³/mol. The molecule has 1 heterocycles. The molecule has 5 heteroatoms. The molecule has 0 saturated carbocycles. The Kier molecular flexibility index (Phi) is 7.85. The molecule has 0 fully saturated rings. The highest BCUT2D eigenvalue weighted by Gasteiger charge is 2.17. The van der Waals surface area contributed by atoms with Crippen LogP contribution in [0.4, 0.5) is 0 Å². The van der Waals surface area contributed by atoms with Crippen LogP contribution >= 0.6 is 11.3 Å². The molecule has 25 heavy (non-hydrogen) atoms. The van der Waals surface area contributed by atoms with Gasteiger partial charge < -0.3 is 15.5 Å². The van der Waals surface area contributed by atoms with Crippen molar-refractivity contribution >= 4 is 17.6 Å². The molecule has 1 aromatic heterocycles. The van der Waals surface area contributed by atoms with Crippen molar-refractivity contribution in [2.75, 3.05) is 27.2 Å². The van der Waals surface area contributed by atoms with Crippen LogP contribution in [0.1, 0.15) is 22.1 Å². The lowest BCUT2D eigenvalue weighted by molar-refractivity contribution is 0.0599. The lowest BCUT2D eigenvalue weighted by Gasteiger charge is -2.22. The fourth-order valence-corrected chi connectivity index (χ4v) is 3.47. The predicted octanol–water partition coefficient (Wildman–Crippen LogP) is 4.00. The zero-order chi connectivity index (χ0) is 18.1. The minimum absolute atomic E-state index is 0.154. The molecule has 2 aromatic rings. The molecule has 2 rings (SSSR count). The molecular weight excluding hydrogens is 330 g/mol. The molecule has 0 spiro atoms. The maximum Gasteiger partial charge on any atom is 0.131 e. The summed E-state index contributed by atoms with van der Waals surface area (Å²) in [6.07, 6.45) is 2.89. The summed E-state index contributed by atoms with van der Waals surface area (Å²) in [5.74, 6) is 0. The van der Waals surface area contributed by atoms with Crippen LogP contribution in [0.2, 0.25) is 0 Å². The normalized spacial score (nSPS) is 13.0. The van der Waals surface area contributed by atoms with Crippen LogP contribution in [-0.4, -0.2) is 38.4 Å². The Hall–Kier alpha value is -1.95. The van der Waals surface area contributed by atoms with Gasteiger partial charge in [0.1, 0.15) is 6.10 Å². The average molecular weight is 358 g/mol. The molecular formula is C20H27N3OS. The Bertz CT molecular complexity index is 682. The number of nitrogens with one attached hydrogen (secondary N) is 2. The van der Waals surface area contributed by atoms with Gasteiger partial charge in [0, 0.05) is 36.9 Å². The first-order valence-electron chi connectivity index (χ1n) is 8.41. The van der Waals surface area contributed by atoms with E-state index in [9.17, 15) is 0 Å². The van der Waals surface area contributed by atoms with Crippen LogP contribution in [0.15, 0.2) is 53.6 Å².